The summed E-state index contributed by atoms with van der Waals surface area (Å²) in [5.41, 5.74) is 0.516. The summed E-state index contributed by atoms with van der Waals surface area (Å²) in [5, 5.41) is 25.4. The number of non-ortho nitro benzene ring substituents is 1. The molecule has 1 amide bonds. The van der Waals surface area contributed by atoms with Crippen molar-refractivity contribution in [3.63, 3.8) is 0 Å². The quantitative estimate of drug-likeness (QED) is 0.211. The van der Waals surface area contributed by atoms with Crippen LogP contribution >= 0.6 is 24.0 Å². The number of carbonyl (C=O) groups is 2. The molecule has 1 N–H and O–H groups in total. The average Bonchev–Trinajstić information content (AvgIpc) is 3.03. The van der Waals surface area contributed by atoms with E-state index in [1.807, 2.05) is 0 Å². The minimum atomic E-state index is -1.26. The molecule has 1 saturated heterocycles. The highest BCUT2D eigenvalue weighted by atomic mass is 32.2. The van der Waals surface area contributed by atoms with E-state index in [0.29, 0.717) is 5.56 Å². The van der Waals surface area contributed by atoms with E-state index in [1.54, 1.807) is 0 Å². The van der Waals surface area contributed by atoms with Gasteiger partial charge in [-0.25, -0.2) is 4.79 Å². The van der Waals surface area contributed by atoms with Gasteiger partial charge in [0.15, 0.2) is 15.8 Å². The number of rotatable bonds is 7. The molecule has 0 saturated carbocycles. The number of hydrazone groups is 1. The molecule has 12 heteroatoms. The molecule has 1 aliphatic rings. The Hall–Kier alpha value is -3.77. The highest BCUT2D eigenvalue weighted by Gasteiger charge is 2.32. The van der Waals surface area contributed by atoms with E-state index in [9.17, 15) is 24.8 Å². The molecule has 0 bridgehead atoms. The van der Waals surface area contributed by atoms with Crippen LogP contribution in [0.1, 0.15) is 21.5 Å². The molecule has 0 aliphatic carbocycles. The van der Waals surface area contributed by atoms with Crippen LogP contribution in [0.2, 0.25) is 0 Å². The second kappa shape index (κ2) is 9.58. The van der Waals surface area contributed by atoms with E-state index >= 15 is 0 Å². The second-order valence-corrected chi connectivity index (χ2v) is 7.83. The number of carboxylic acid groups (broad SMARTS) is 1. The van der Waals surface area contributed by atoms with Gasteiger partial charge in [0.25, 0.3) is 11.6 Å². The number of nitro groups is 1. The van der Waals surface area contributed by atoms with Gasteiger partial charge in [-0.2, -0.15) is 10.1 Å². The zero-order valence-electron chi connectivity index (χ0n) is 16.7. The summed E-state index contributed by atoms with van der Waals surface area (Å²) in [6, 6.07) is 8.67. The lowest BCUT2D eigenvalue weighted by atomic mass is 10.1. The third kappa shape index (κ3) is 4.60. The fraction of sp³-hybridized carbons (Fsp3) is 0.100. The Morgan fingerprint density at radius 2 is 1.91 bits per heavy atom. The third-order valence-corrected chi connectivity index (χ3v) is 5.56. The van der Waals surface area contributed by atoms with Crippen molar-refractivity contribution in [2.45, 2.75) is 0 Å². The number of carbonyl (C=O) groups excluding carboxylic acids is 1. The predicted molar refractivity (Wildman–Crippen MR) is 122 cm³/mol. The van der Waals surface area contributed by atoms with Gasteiger partial charge in [-0.05, 0) is 48.1 Å². The number of benzene rings is 2. The summed E-state index contributed by atoms with van der Waals surface area (Å²) in [4.78, 5) is 35.0. The Kier molecular flexibility index (Phi) is 6.85. The molecule has 10 nitrogen and oxygen atoms in total. The topological polar surface area (TPSA) is 132 Å². The van der Waals surface area contributed by atoms with Gasteiger partial charge in [-0.1, -0.05) is 11.8 Å². The van der Waals surface area contributed by atoms with Crippen LogP contribution in [-0.4, -0.2) is 51.7 Å². The first-order valence-corrected chi connectivity index (χ1v) is 10.0. The van der Waals surface area contributed by atoms with Gasteiger partial charge in [-0.3, -0.25) is 14.9 Å². The molecule has 1 heterocycles. The van der Waals surface area contributed by atoms with Crippen LogP contribution in [0.3, 0.4) is 0 Å². The lowest BCUT2D eigenvalue weighted by Crippen LogP contribution is -2.22. The molecule has 1 fully saturated rings. The number of thioether (sulfide) groups is 1. The largest absolute Gasteiger partial charge is 0.493 e. The van der Waals surface area contributed by atoms with Crippen LogP contribution in [-0.2, 0) is 4.79 Å². The SMILES string of the molecule is COc1ccc(/C=N/N2C(=O)/C(=C\c3ccc([N+](=O)[O-])cc3)SC2=S)c(C(=O)O)c1OC. The van der Waals surface area contributed by atoms with Gasteiger partial charge >= 0.3 is 5.97 Å². The van der Waals surface area contributed by atoms with Crippen LogP contribution in [0.4, 0.5) is 5.69 Å². The van der Waals surface area contributed by atoms with Gasteiger partial charge in [0, 0.05) is 17.7 Å². The molecule has 3 rings (SSSR count). The number of aromatic carboxylic acids is 1. The van der Waals surface area contributed by atoms with Crippen molar-refractivity contribution in [1.82, 2.24) is 5.01 Å². The minimum absolute atomic E-state index is 0.0207. The van der Waals surface area contributed by atoms with E-state index < -0.39 is 16.8 Å². The van der Waals surface area contributed by atoms with Crippen molar-refractivity contribution in [3.8, 4) is 11.5 Å². The number of hydrogen-bond acceptors (Lipinski definition) is 9. The number of methoxy groups -OCH3 is 2. The Balaban J connectivity index is 1.89. The van der Waals surface area contributed by atoms with Crippen molar-refractivity contribution >= 4 is 58.2 Å². The maximum absolute atomic E-state index is 12.7. The molecule has 1 aliphatic heterocycles. The predicted octanol–water partition coefficient (Wildman–Crippen LogP) is 3.55. The molecule has 0 radical (unpaired) electrons. The maximum atomic E-state index is 12.7. The van der Waals surface area contributed by atoms with Gasteiger partial charge in [0.2, 0.25) is 0 Å². The van der Waals surface area contributed by atoms with Crippen molar-refractivity contribution in [2.75, 3.05) is 14.2 Å². The molecule has 0 unspecified atom stereocenters. The van der Waals surface area contributed by atoms with Gasteiger partial charge in [-0.15, -0.1) is 0 Å². The fourth-order valence-corrected chi connectivity index (χ4v) is 3.97. The highest BCUT2D eigenvalue weighted by Crippen LogP contribution is 2.35. The lowest BCUT2D eigenvalue weighted by molar-refractivity contribution is -0.384. The molecule has 0 spiro atoms. The molecular weight excluding hydrogens is 458 g/mol. The number of nitrogens with zero attached hydrogens (tertiary/aromatic N) is 3. The first-order chi connectivity index (χ1) is 15.3. The summed E-state index contributed by atoms with van der Waals surface area (Å²) in [6.07, 6.45) is 2.74. The summed E-state index contributed by atoms with van der Waals surface area (Å²) in [5.74, 6) is -1.51. The number of nitro benzene ring substituents is 1. The fourth-order valence-electron chi connectivity index (χ4n) is 2.79. The zero-order valence-corrected chi connectivity index (χ0v) is 18.3. The molecular formula is C20H15N3O7S2. The number of carboxylic acids is 1. The standard InChI is InChI=1S/C20H15N3O7S2/c1-29-14-8-5-12(16(19(25)26)17(14)30-2)10-21-22-18(24)15(32-20(22)31)9-11-3-6-13(7-4-11)23(27)28/h3-10H,1-2H3,(H,25,26)/b15-9+,21-10+. The van der Waals surface area contributed by atoms with Crippen molar-refractivity contribution in [1.29, 1.82) is 0 Å². The summed E-state index contributed by atoms with van der Waals surface area (Å²) < 4.78 is 10.4. The normalized spacial score (nSPS) is 14.9. The third-order valence-electron chi connectivity index (χ3n) is 4.28. The van der Waals surface area contributed by atoms with Crippen LogP contribution in [0.5, 0.6) is 11.5 Å². The smallest absolute Gasteiger partial charge is 0.340 e. The number of ether oxygens (including phenoxy) is 2. The van der Waals surface area contributed by atoms with Crippen LogP contribution in [0.15, 0.2) is 46.4 Å². The number of hydrogen-bond donors (Lipinski definition) is 1. The Labute approximate surface area is 191 Å². The lowest BCUT2D eigenvalue weighted by Gasteiger charge is -2.13. The highest BCUT2D eigenvalue weighted by molar-refractivity contribution is 8.26. The maximum Gasteiger partial charge on any atom is 0.340 e. The Morgan fingerprint density at radius 1 is 1.22 bits per heavy atom. The summed E-state index contributed by atoms with van der Waals surface area (Å²) in [7, 11) is 2.70. The minimum Gasteiger partial charge on any atom is -0.493 e. The van der Waals surface area contributed by atoms with Gasteiger partial charge < -0.3 is 14.6 Å². The first kappa shape index (κ1) is 22.9. The molecule has 2 aromatic rings. The summed E-state index contributed by atoms with van der Waals surface area (Å²) >= 11 is 6.22. The van der Waals surface area contributed by atoms with Crippen LogP contribution in [0.25, 0.3) is 6.08 Å². The Morgan fingerprint density at radius 3 is 2.47 bits per heavy atom. The van der Waals surface area contributed by atoms with E-state index in [-0.39, 0.29) is 37.5 Å². The molecule has 0 aromatic heterocycles. The van der Waals surface area contributed by atoms with Crippen LogP contribution < -0.4 is 9.47 Å². The first-order valence-electron chi connectivity index (χ1n) is 8.81. The van der Waals surface area contributed by atoms with E-state index in [2.05, 4.69) is 5.10 Å². The van der Waals surface area contributed by atoms with Gasteiger partial charge in [0.05, 0.1) is 30.3 Å². The number of amides is 1. The monoisotopic (exact) mass is 473 g/mol. The zero-order chi connectivity index (χ0) is 23.4. The molecule has 32 heavy (non-hydrogen) atoms. The van der Waals surface area contributed by atoms with Crippen molar-refractivity contribution in [3.05, 3.63) is 68.1 Å². The summed E-state index contributed by atoms with van der Waals surface area (Å²) in [6.45, 7) is 0. The van der Waals surface area contributed by atoms with Gasteiger partial charge in [0.1, 0.15) is 5.56 Å². The van der Waals surface area contributed by atoms with Crippen molar-refractivity contribution < 1.29 is 29.1 Å². The van der Waals surface area contributed by atoms with E-state index in [0.717, 1.165) is 16.8 Å². The molecule has 2 aromatic carbocycles. The van der Waals surface area contributed by atoms with E-state index in [1.165, 1.54) is 62.9 Å². The Bertz CT molecular complexity index is 1180. The molecule has 0 atom stereocenters. The van der Waals surface area contributed by atoms with Crippen molar-refractivity contribution in [2.24, 2.45) is 5.10 Å². The number of thiocarbonyl (C=S) groups is 1. The molecule has 164 valence electrons. The van der Waals surface area contributed by atoms with Crippen LogP contribution in [0, 0.1) is 10.1 Å². The second-order valence-electron chi connectivity index (χ2n) is 6.16. The van der Waals surface area contributed by atoms with E-state index in [4.69, 9.17) is 21.7 Å². The average molecular weight is 473 g/mol.